The average molecular weight is 687 g/mol. The molecule has 1 saturated heterocycles. The number of rotatable bonds is 18. The molecular formula is C37H46N6O7. The number of nitrogens with two attached hydrogens (primary N) is 1. The summed E-state index contributed by atoms with van der Waals surface area (Å²) < 4.78 is 8.06. The van der Waals surface area contributed by atoms with Crippen LogP contribution in [0.4, 0.5) is 5.82 Å². The Morgan fingerprint density at radius 3 is 2.46 bits per heavy atom. The van der Waals surface area contributed by atoms with E-state index in [0.717, 1.165) is 71.0 Å². The van der Waals surface area contributed by atoms with Gasteiger partial charge in [0.1, 0.15) is 17.1 Å². The van der Waals surface area contributed by atoms with E-state index in [-0.39, 0.29) is 43.8 Å². The highest BCUT2D eigenvalue weighted by molar-refractivity contribution is 6.07. The lowest BCUT2D eigenvalue weighted by molar-refractivity contribution is -0.197. The average Bonchev–Trinajstić information content (AvgIpc) is 3.61. The Balaban J connectivity index is 1.09. The number of imide groups is 1. The molecule has 0 radical (unpaired) electrons. The SMILES string of the molecule is CCCCc1nc2c(N)nc3ccc(CCCOCCCNC(=O)CCCC(=O)ON4C(=O)CCC4=O)cc3c2n1Cc1ccc(O)c(C)c1. The van der Waals surface area contributed by atoms with Crippen molar-refractivity contribution in [1.29, 1.82) is 0 Å². The smallest absolute Gasteiger partial charge is 0.333 e. The Hall–Kier alpha value is -5.04. The van der Waals surface area contributed by atoms with Gasteiger partial charge in [-0.1, -0.05) is 31.5 Å². The van der Waals surface area contributed by atoms with Gasteiger partial charge in [0.2, 0.25) is 5.91 Å². The summed E-state index contributed by atoms with van der Waals surface area (Å²) in [6.45, 7) is 6.19. The van der Waals surface area contributed by atoms with Gasteiger partial charge >= 0.3 is 5.97 Å². The number of aromatic hydroxyl groups is 1. The highest BCUT2D eigenvalue weighted by atomic mass is 16.7. The summed E-state index contributed by atoms with van der Waals surface area (Å²) in [4.78, 5) is 61.5. The first-order chi connectivity index (χ1) is 24.1. The van der Waals surface area contributed by atoms with Crippen LogP contribution in [0.15, 0.2) is 36.4 Å². The van der Waals surface area contributed by atoms with Crippen molar-refractivity contribution < 1.29 is 33.9 Å². The zero-order valence-electron chi connectivity index (χ0n) is 28.8. The first-order valence-electron chi connectivity index (χ1n) is 17.4. The molecule has 13 nitrogen and oxygen atoms in total. The van der Waals surface area contributed by atoms with E-state index in [1.165, 1.54) is 0 Å². The number of phenols is 1. The van der Waals surface area contributed by atoms with Crippen molar-refractivity contribution >= 4 is 51.4 Å². The van der Waals surface area contributed by atoms with Crippen LogP contribution >= 0.6 is 0 Å². The summed E-state index contributed by atoms with van der Waals surface area (Å²) in [5.74, 6) is -0.293. The molecule has 13 heteroatoms. The van der Waals surface area contributed by atoms with Crippen molar-refractivity contribution in [3.8, 4) is 5.75 Å². The van der Waals surface area contributed by atoms with E-state index in [4.69, 9.17) is 20.3 Å². The number of fused-ring (bicyclic) bond motifs is 3. The summed E-state index contributed by atoms with van der Waals surface area (Å²) in [6.07, 6.45) is 5.57. The number of phenolic OH excluding ortho intramolecular Hbond substituents is 1. The number of carbonyl (C=O) groups is 4. The molecule has 2 aromatic carbocycles. The number of hydrogen-bond acceptors (Lipinski definition) is 10. The van der Waals surface area contributed by atoms with Gasteiger partial charge in [-0.25, -0.2) is 14.8 Å². The van der Waals surface area contributed by atoms with Gasteiger partial charge in [-0.15, -0.1) is 5.06 Å². The lowest BCUT2D eigenvalue weighted by atomic mass is 10.1. The van der Waals surface area contributed by atoms with Crippen LogP contribution in [0.5, 0.6) is 5.75 Å². The molecule has 4 N–H and O–H groups in total. The van der Waals surface area contributed by atoms with E-state index < -0.39 is 17.8 Å². The second-order valence-corrected chi connectivity index (χ2v) is 12.7. The number of nitrogen functional groups attached to an aromatic ring is 1. The van der Waals surface area contributed by atoms with E-state index >= 15 is 0 Å². The van der Waals surface area contributed by atoms with E-state index in [0.29, 0.717) is 49.1 Å². The molecule has 0 saturated carbocycles. The Kier molecular flexibility index (Phi) is 12.4. The zero-order valence-corrected chi connectivity index (χ0v) is 28.8. The van der Waals surface area contributed by atoms with Crippen LogP contribution in [0.2, 0.25) is 0 Å². The number of benzene rings is 2. The molecule has 0 unspecified atom stereocenters. The number of ether oxygens (including phenoxy) is 1. The van der Waals surface area contributed by atoms with Crippen molar-refractivity contribution in [2.75, 3.05) is 25.5 Å². The monoisotopic (exact) mass is 686 g/mol. The van der Waals surface area contributed by atoms with E-state index in [1.54, 1.807) is 6.07 Å². The van der Waals surface area contributed by atoms with Gasteiger partial charge in [-0.05, 0) is 73.9 Å². The fourth-order valence-corrected chi connectivity index (χ4v) is 6.02. The van der Waals surface area contributed by atoms with E-state index in [9.17, 15) is 24.3 Å². The van der Waals surface area contributed by atoms with Crippen LogP contribution in [0, 0.1) is 6.92 Å². The maximum absolute atomic E-state index is 12.1. The molecule has 0 spiro atoms. The van der Waals surface area contributed by atoms with Crippen LogP contribution in [0.1, 0.15) is 87.2 Å². The van der Waals surface area contributed by atoms with Gasteiger partial charge in [-0.2, -0.15) is 0 Å². The first kappa shape index (κ1) is 36.2. The van der Waals surface area contributed by atoms with Crippen LogP contribution in [-0.4, -0.2) is 68.2 Å². The van der Waals surface area contributed by atoms with Crippen LogP contribution < -0.4 is 11.1 Å². The summed E-state index contributed by atoms with van der Waals surface area (Å²) >= 11 is 0. The molecule has 3 heterocycles. The molecule has 0 aliphatic carbocycles. The van der Waals surface area contributed by atoms with Crippen LogP contribution in [0.3, 0.4) is 0 Å². The number of hydroxylamine groups is 2. The van der Waals surface area contributed by atoms with Gasteiger partial charge in [0.25, 0.3) is 11.8 Å². The third-order valence-corrected chi connectivity index (χ3v) is 8.73. The number of nitrogens with one attached hydrogen (secondary N) is 1. The molecule has 1 fully saturated rings. The normalized spacial score (nSPS) is 13.1. The number of aryl methyl sites for hydroxylation is 3. The number of pyridine rings is 1. The molecule has 5 rings (SSSR count). The second-order valence-electron chi connectivity index (χ2n) is 12.7. The highest BCUT2D eigenvalue weighted by Crippen LogP contribution is 2.31. The number of anilines is 1. The van der Waals surface area contributed by atoms with Crippen molar-refractivity contribution in [3.63, 3.8) is 0 Å². The minimum Gasteiger partial charge on any atom is -0.508 e. The van der Waals surface area contributed by atoms with Crippen molar-refractivity contribution in [3.05, 3.63) is 58.9 Å². The van der Waals surface area contributed by atoms with Crippen molar-refractivity contribution in [2.45, 2.75) is 91.0 Å². The fraction of sp³-hybridized carbons (Fsp3) is 0.459. The molecule has 4 aromatic rings. The van der Waals surface area contributed by atoms with Gasteiger partial charge in [0, 0.05) is 63.8 Å². The maximum atomic E-state index is 12.1. The Morgan fingerprint density at radius 2 is 1.70 bits per heavy atom. The predicted molar refractivity (Wildman–Crippen MR) is 188 cm³/mol. The Bertz CT molecular complexity index is 1850. The number of imidazole rings is 1. The van der Waals surface area contributed by atoms with Crippen LogP contribution in [-0.2, 0) is 48.1 Å². The lowest BCUT2D eigenvalue weighted by Gasteiger charge is -2.13. The molecule has 1 aliphatic heterocycles. The molecule has 1 aliphatic rings. The largest absolute Gasteiger partial charge is 0.508 e. The fourth-order valence-electron chi connectivity index (χ4n) is 6.02. The molecule has 50 heavy (non-hydrogen) atoms. The molecule has 3 amide bonds. The standard InChI is InChI=1S/C37H46N6O7/c1-3-4-9-30-41-35-36(42(30)23-26-13-15-29(44)24(2)21-26)27-22-25(12-14-28(27)40-37(35)38)8-6-19-49-20-7-18-39-31(45)10-5-11-34(48)50-43-32(46)16-17-33(43)47/h12-15,21-22,44H,3-11,16-20,23H2,1-2H3,(H2,38,40)(H,39,45). The second kappa shape index (κ2) is 17.1. The summed E-state index contributed by atoms with van der Waals surface area (Å²) in [5.41, 5.74) is 12.0. The van der Waals surface area contributed by atoms with Gasteiger partial charge in [0.15, 0.2) is 5.82 Å². The van der Waals surface area contributed by atoms with Gasteiger partial charge < -0.3 is 30.3 Å². The first-order valence-corrected chi connectivity index (χ1v) is 17.4. The van der Waals surface area contributed by atoms with E-state index in [2.05, 4.69) is 33.9 Å². The lowest BCUT2D eigenvalue weighted by Crippen LogP contribution is -2.32. The number of nitrogens with zero attached hydrogens (tertiary/aromatic N) is 4. The summed E-state index contributed by atoms with van der Waals surface area (Å²) in [5, 5.41) is 14.4. The molecule has 2 aromatic heterocycles. The number of hydrogen-bond donors (Lipinski definition) is 3. The summed E-state index contributed by atoms with van der Waals surface area (Å²) in [6, 6.07) is 11.9. The number of amides is 3. The number of unbranched alkanes of at least 4 members (excludes halogenated alkanes) is 1. The van der Waals surface area contributed by atoms with Gasteiger partial charge in [0.05, 0.1) is 11.0 Å². The highest BCUT2D eigenvalue weighted by Gasteiger charge is 2.32. The topological polar surface area (TPSA) is 179 Å². The molecular weight excluding hydrogens is 640 g/mol. The third kappa shape index (κ3) is 9.14. The predicted octanol–water partition coefficient (Wildman–Crippen LogP) is 4.80. The molecule has 0 bridgehead atoms. The minimum absolute atomic E-state index is 0.0395. The summed E-state index contributed by atoms with van der Waals surface area (Å²) in [7, 11) is 0. The number of carbonyl (C=O) groups excluding carboxylic acids is 4. The quantitative estimate of drug-likeness (QED) is 0.0972. The van der Waals surface area contributed by atoms with Crippen LogP contribution in [0.25, 0.3) is 21.9 Å². The molecule has 0 atom stereocenters. The number of aromatic nitrogens is 3. The Labute approximate surface area is 291 Å². The van der Waals surface area contributed by atoms with Gasteiger partial charge in [-0.3, -0.25) is 14.4 Å². The minimum atomic E-state index is -0.711. The maximum Gasteiger partial charge on any atom is 0.333 e. The van der Waals surface area contributed by atoms with Crippen molar-refractivity contribution in [1.82, 2.24) is 24.9 Å². The van der Waals surface area contributed by atoms with E-state index in [1.807, 2.05) is 25.1 Å². The zero-order chi connectivity index (χ0) is 35.6. The third-order valence-electron chi connectivity index (χ3n) is 8.73. The Morgan fingerprint density at radius 1 is 0.940 bits per heavy atom. The van der Waals surface area contributed by atoms with Crippen molar-refractivity contribution in [2.24, 2.45) is 0 Å². The molecule has 266 valence electrons.